The van der Waals surface area contributed by atoms with Crippen LogP contribution in [0.2, 0.25) is 0 Å². The quantitative estimate of drug-likeness (QED) is 0.271. The van der Waals surface area contributed by atoms with E-state index in [-0.39, 0.29) is 0 Å². The SMILES string of the molecule is C=C/C=C\C=C/CCO/C(C)=C(/CCC=C)NC. The second-order valence-corrected chi connectivity index (χ2v) is 3.80. The van der Waals surface area contributed by atoms with Crippen LogP contribution in [0.25, 0.3) is 0 Å². The van der Waals surface area contributed by atoms with Gasteiger partial charge in [0.1, 0.15) is 5.76 Å². The maximum atomic E-state index is 5.69. The highest BCUT2D eigenvalue weighted by atomic mass is 16.5. The van der Waals surface area contributed by atoms with E-state index in [1.165, 1.54) is 0 Å². The summed E-state index contributed by atoms with van der Waals surface area (Å²) in [7, 11) is 1.92. The Bertz CT molecular complexity index is 324. The van der Waals surface area contributed by atoms with E-state index in [2.05, 4.69) is 24.6 Å². The van der Waals surface area contributed by atoms with E-state index < -0.39 is 0 Å². The average molecular weight is 247 g/mol. The van der Waals surface area contributed by atoms with Gasteiger partial charge in [0, 0.05) is 12.7 Å². The lowest BCUT2D eigenvalue weighted by molar-refractivity contribution is 0.213. The molecule has 0 aromatic rings. The van der Waals surface area contributed by atoms with Gasteiger partial charge in [-0.05, 0) is 26.2 Å². The molecule has 1 N–H and O–H groups in total. The molecule has 100 valence electrons. The Labute approximate surface area is 111 Å². The maximum Gasteiger partial charge on any atom is 0.112 e. The molecule has 0 aliphatic heterocycles. The topological polar surface area (TPSA) is 21.3 Å². The molecule has 0 atom stereocenters. The Morgan fingerprint density at radius 3 is 2.56 bits per heavy atom. The van der Waals surface area contributed by atoms with Gasteiger partial charge in [0.25, 0.3) is 0 Å². The molecule has 2 heteroatoms. The van der Waals surface area contributed by atoms with Crippen LogP contribution in [0.1, 0.15) is 26.2 Å². The number of allylic oxidation sites excluding steroid dienone is 7. The van der Waals surface area contributed by atoms with Crippen LogP contribution in [0.5, 0.6) is 0 Å². The summed E-state index contributed by atoms with van der Waals surface area (Å²) in [4.78, 5) is 0. The first-order chi connectivity index (χ1) is 8.76. The summed E-state index contributed by atoms with van der Waals surface area (Å²) >= 11 is 0. The van der Waals surface area contributed by atoms with Crippen molar-refractivity contribution in [2.75, 3.05) is 13.7 Å². The highest BCUT2D eigenvalue weighted by Crippen LogP contribution is 2.09. The lowest BCUT2D eigenvalue weighted by Gasteiger charge is -2.12. The third-order valence-corrected chi connectivity index (χ3v) is 2.42. The first kappa shape index (κ1) is 16.3. The van der Waals surface area contributed by atoms with Gasteiger partial charge in [0.05, 0.1) is 6.61 Å². The van der Waals surface area contributed by atoms with Crippen LogP contribution >= 0.6 is 0 Å². The lowest BCUT2D eigenvalue weighted by Crippen LogP contribution is -2.10. The number of hydrogen-bond donors (Lipinski definition) is 1. The molecule has 0 radical (unpaired) electrons. The fourth-order valence-electron chi connectivity index (χ4n) is 1.41. The first-order valence-corrected chi connectivity index (χ1v) is 6.31. The minimum absolute atomic E-state index is 0.698. The molecule has 0 aromatic heterocycles. The molecular formula is C16H25NO. The van der Waals surface area contributed by atoms with Crippen LogP contribution in [0, 0.1) is 0 Å². The molecule has 0 aliphatic rings. The molecule has 0 fully saturated rings. The van der Waals surface area contributed by atoms with Crippen molar-refractivity contribution < 1.29 is 4.74 Å². The van der Waals surface area contributed by atoms with Crippen LogP contribution < -0.4 is 5.32 Å². The molecule has 0 amide bonds. The normalized spacial score (nSPS) is 12.6. The number of nitrogens with one attached hydrogen (secondary N) is 1. The largest absolute Gasteiger partial charge is 0.496 e. The highest BCUT2D eigenvalue weighted by molar-refractivity contribution is 5.09. The van der Waals surface area contributed by atoms with Gasteiger partial charge in [-0.15, -0.1) is 6.58 Å². The zero-order chi connectivity index (χ0) is 13.6. The van der Waals surface area contributed by atoms with Crippen molar-refractivity contribution in [3.05, 3.63) is 61.1 Å². The molecule has 0 saturated heterocycles. The monoisotopic (exact) mass is 247 g/mol. The minimum atomic E-state index is 0.698. The van der Waals surface area contributed by atoms with Crippen LogP contribution in [-0.4, -0.2) is 13.7 Å². The average Bonchev–Trinajstić information content (AvgIpc) is 2.38. The molecule has 0 heterocycles. The van der Waals surface area contributed by atoms with Crippen LogP contribution in [0.4, 0.5) is 0 Å². The van der Waals surface area contributed by atoms with Gasteiger partial charge >= 0.3 is 0 Å². The molecule has 2 nitrogen and oxygen atoms in total. The van der Waals surface area contributed by atoms with Crippen molar-refractivity contribution in [1.82, 2.24) is 5.32 Å². The van der Waals surface area contributed by atoms with Crippen molar-refractivity contribution >= 4 is 0 Å². The standard InChI is InChI=1S/C16H25NO/c1-5-7-9-10-11-12-14-18-15(3)16(17-4)13-8-6-2/h5-7,9-11,17H,1-2,8,12-14H2,3-4H3/b9-7-,11-10-,16-15-. The van der Waals surface area contributed by atoms with E-state index in [4.69, 9.17) is 4.74 Å². The molecule has 0 rings (SSSR count). The van der Waals surface area contributed by atoms with Crippen LogP contribution in [0.3, 0.4) is 0 Å². The maximum absolute atomic E-state index is 5.69. The van der Waals surface area contributed by atoms with Gasteiger partial charge in [-0.3, -0.25) is 0 Å². The molecule has 0 aliphatic carbocycles. The van der Waals surface area contributed by atoms with Gasteiger partial charge in [-0.25, -0.2) is 0 Å². The summed E-state index contributed by atoms with van der Waals surface area (Å²) in [5, 5.41) is 3.17. The summed E-state index contributed by atoms with van der Waals surface area (Å²) < 4.78 is 5.69. The van der Waals surface area contributed by atoms with E-state index in [1.54, 1.807) is 6.08 Å². The summed E-state index contributed by atoms with van der Waals surface area (Å²) in [6, 6.07) is 0. The second kappa shape index (κ2) is 11.8. The van der Waals surface area contributed by atoms with Crippen molar-refractivity contribution in [1.29, 1.82) is 0 Å². The Hall–Kier alpha value is -1.70. The molecule has 0 saturated carbocycles. The molecule has 18 heavy (non-hydrogen) atoms. The molecule has 0 bridgehead atoms. The fourth-order valence-corrected chi connectivity index (χ4v) is 1.41. The van der Waals surface area contributed by atoms with E-state index in [9.17, 15) is 0 Å². The smallest absolute Gasteiger partial charge is 0.112 e. The van der Waals surface area contributed by atoms with Gasteiger partial charge in [0.2, 0.25) is 0 Å². The predicted molar refractivity (Wildman–Crippen MR) is 80.2 cm³/mol. The zero-order valence-electron chi connectivity index (χ0n) is 11.6. The molecule has 0 spiro atoms. The molecule has 0 aromatic carbocycles. The minimum Gasteiger partial charge on any atom is -0.496 e. The number of rotatable bonds is 10. The summed E-state index contributed by atoms with van der Waals surface area (Å²) in [6.07, 6.45) is 14.4. The predicted octanol–water partition coefficient (Wildman–Crippen LogP) is 4.11. The number of ether oxygens (including phenoxy) is 1. The first-order valence-electron chi connectivity index (χ1n) is 6.31. The van der Waals surface area contributed by atoms with E-state index in [0.717, 1.165) is 30.7 Å². The summed E-state index contributed by atoms with van der Waals surface area (Å²) in [5.74, 6) is 0.967. The van der Waals surface area contributed by atoms with E-state index in [1.807, 2.05) is 38.3 Å². The Kier molecular flexibility index (Phi) is 10.7. The van der Waals surface area contributed by atoms with Crippen molar-refractivity contribution in [2.45, 2.75) is 26.2 Å². The Morgan fingerprint density at radius 1 is 1.17 bits per heavy atom. The van der Waals surface area contributed by atoms with E-state index >= 15 is 0 Å². The van der Waals surface area contributed by atoms with Crippen LogP contribution in [-0.2, 0) is 4.74 Å². The van der Waals surface area contributed by atoms with Crippen molar-refractivity contribution in [3.8, 4) is 0 Å². The van der Waals surface area contributed by atoms with Gasteiger partial charge in [-0.2, -0.15) is 0 Å². The fraction of sp³-hybridized carbons (Fsp3) is 0.375. The summed E-state index contributed by atoms with van der Waals surface area (Å²) in [5.41, 5.74) is 1.14. The zero-order valence-corrected chi connectivity index (χ0v) is 11.6. The van der Waals surface area contributed by atoms with Gasteiger partial charge < -0.3 is 10.1 Å². The number of hydrogen-bond acceptors (Lipinski definition) is 2. The second-order valence-electron chi connectivity index (χ2n) is 3.80. The third kappa shape index (κ3) is 8.45. The molecular weight excluding hydrogens is 222 g/mol. The lowest BCUT2D eigenvalue weighted by atomic mass is 10.2. The Morgan fingerprint density at radius 2 is 1.94 bits per heavy atom. The molecule has 0 unspecified atom stereocenters. The highest BCUT2D eigenvalue weighted by Gasteiger charge is 2.00. The Balaban J connectivity index is 3.98. The van der Waals surface area contributed by atoms with E-state index in [0.29, 0.717) is 6.61 Å². The van der Waals surface area contributed by atoms with Gasteiger partial charge in [0.15, 0.2) is 0 Å². The van der Waals surface area contributed by atoms with Crippen molar-refractivity contribution in [3.63, 3.8) is 0 Å². The van der Waals surface area contributed by atoms with Gasteiger partial charge in [-0.1, -0.05) is 43.0 Å². The van der Waals surface area contributed by atoms with Crippen LogP contribution in [0.15, 0.2) is 61.1 Å². The summed E-state index contributed by atoms with van der Waals surface area (Å²) in [6.45, 7) is 10.0. The van der Waals surface area contributed by atoms with Crippen molar-refractivity contribution in [2.24, 2.45) is 0 Å². The third-order valence-electron chi connectivity index (χ3n) is 2.42.